The van der Waals surface area contributed by atoms with Crippen LogP contribution < -0.4 is 10.6 Å². The van der Waals surface area contributed by atoms with Crippen LogP contribution in [0.3, 0.4) is 0 Å². The molecular formula is C18H22IN5O3. The topological polar surface area (TPSA) is 90.3 Å². The van der Waals surface area contributed by atoms with Gasteiger partial charge in [-0.05, 0) is 48.9 Å². The van der Waals surface area contributed by atoms with Gasteiger partial charge in [0.15, 0.2) is 11.4 Å². The monoisotopic (exact) mass is 483 g/mol. The second kappa shape index (κ2) is 5.54. The van der Waals surface area contributed by atoms with Gasteiger partial charge in [0.25, 0.3) is 0 Å². The molecule has 0 bridgehead atoms. The van der Waals surface area contributed by atoms with E-state index in [1.165, 1.54) is 0 Å². The van der Waals surface area contributed by atoms with E-state index < -0.39 is 11.2 Å². The van der Waals surface area contributed by atoms with Gasteiger partial charge in [-0.1, -0.05) is 0 Å². The van der Waals surface area contributed by atoms with Crippen molar-refractivity contribution in [1.29, 1.82) is 0 Å². The van der Waals surface area contributed by atoms with Gasteiger partial charge < -0.3 is 24.7 Å². The van der Waals surface area contributed by atoms with Crippen LogP contribution in [-0.4, -0.2) is 52.5 Å². The highest BCUT2D eigenvalue weighted by molar-refractivity contribution is 14.1. The molecule has 9 heteroatoms. The number of nitrogens with one attached hydrogen (secondary N) is 2. The Bertz CT molecular complexity index is 960. The highest BCUT2D eigenvalue weighted by Crippen LogP contribution is 2.71. The lowest BCUT2D eigenvalue weighted by Gasteiger charge is -2.24. The lowest BCUT2D eigenvalue weighted by atomic mass is 9.98. The average molecular weight is 483 g/mol. The fraction of sp³-hybridized carbons (Fsp3) is 0.611. The number of nitrogens with zero attached hydrogens (tertiary/aromatic N) is 3. The van der Waals surface area contributed by atoms with E-state index in [4.69, 9.17) is 14.5 Å². The number of rotatable bonds is 3. The lowest BCUT2D eigenvalue weighted by molar-refractivity contribution is -0.164. The molecule has 3 heterocycles. The first-order chi connectivity index (χ1) is 12.8. The molecule has 2 saturated carbocycles. The Labute approximate surface area is 170 Å². The Kier molecular flexibility index (Phi) is 3.62. The molecule has 1 saturated heterocycles. The zero-order valence-electron chi connectivity index (χ0n) is 15.6. The highest BCUT2D eigenvalue weighted by Gasteiger charge is 2.79. The number of hydrogen-bond donors (Lipinski definition) is 2. The molecule has 5 rings (SSSR count). The molecule has 0 radical (unpaired) electrons. The van der Waals surface area contributed by atoms with Crippen molar-refractivity contribution in [2.75, 3.05) is 19.4 Å². The molecule has 2 N–H and O–H groups in total. The third-order valence-corrected chi connectivity index (χ3v) is 6.74. The summed E-state index contributed by atoms with van der Waals surface area (Å²) in [5.74, 6) is -0.524. The second-order valence-electron chi connectivity index (χ2n) is 8.01. The zero-order chi connectivity index (χ0) is 19.1. The fourth-order valence-corrected chi connectivity index (χ4v) is 5.62. The van der Waals surface area contributed by atoms with Crippen LogP contribution in [0.4, 0.5) is 5.69 Å². The van der Waals surface area contributed by atoms with Gasteiger partial charge in [-0.15, -0.1) is 0 Å². The molecule has 3 fully saturated rings. The minimum Gasteiger partial charge on any atom is -0.386 e. The first-order valence-corrected chi connectivity index (χ1v) is 10.2. The molecule has 1 aliphatic heterocycles. The lowest BCUT2D eigenvalue weighted by Crippen LogP contribution is -2.40. The van der Waals surface area contributed by atoms with E-state index in [1.54, 1.807) is 7.05 Å². The average Bonchev–Trinajstić information content (AvgIpc) is 2.95. The number of aromatic nitrogens is 3. The highest BCUT2D eigenvalue weighted by atomic mass is 127. The summed E-state index contributed by atoms with van der Waals surface area (Å²) in [7, 11) is 3.56. The van der Waals surface area contributed by atoms with Gasteiger partial charge in [-0.2, -0.15) is 0 Å². The summed E-state index contributed by atoms with van der Waals surface area (Å²) < 4.78 is 15.5. The molecule has 2 aliphatic carbocycles. The maximum absolute atomic E-state index is 12.8. The molecule has 5 atom stereocenters. The standard InChI is InChI=1S/C18H22IN5O3/c1-17(2)26-13-12(8-6-18(8,14(13)27-17)16(25)21-4)24-7-22-11-9(20-3)5-10(19)23-15(11)24/h5,7-8,12-14H,6H2,1-4H3,(H,20,23)(H,21,25)/t8?,12-,13?,14+,18-/m1/s1. The van der Waals surface area contributed by atoms with Crippen molar-refractivity contribution in [3.8, 4) is 0 Å². The van der Waals surface area contributed by atoms with Crippen LogP contribution in [0.15, 0.2) is 12.4 Å². The molecule has 1 amide bonds. The summed E-state index contributed by atoms with van der Waals surface area (Å²) in [6.45, 7) is 3.81. The summed E-state index contributed by atoms with van der Waals surface area (Å²) in [6, 6.07) is 1.94. The number of carbonyl (C=O) groups is 1. The third kappa shape index (κ3) is 2.24. The molecule has 3 aliphatic rings. The minimum atomic E-state index is -0.712. The zero-order valence-corrected chi connectivity index (χ0v) is 17.8. The van der Waals surface area contributed by atoms with Crippen molar-refractivity contribution in [2.45, 2.75) is 44.3 Å². The van der Waals surface area contributed by atoms with Crippen LogP contribution in [0.25, 0.3) is 11.2 Å². The summed E-state index contributed by atoms with van der Waals surface area (Å²) in [6.07, 6.45) is 2.15. The van der Waals surface area contributed by atoms with Crippen molar-refractivity contribution in [1.82, 2.24) is 19.9 Å². The number of anilines is 1. The first-order valence-electron chi connectivity index (χ1n) is 9.11. The van der Waals surface area contributed by atoms with Gasteiger partial charge in [0.1, 0.15) is 21.4 Å². The van der Waals surface area contributed by atoms with Crippen LogP contribution in [0.5, 0.6) is 0 Å². The minimum absolute atomic E-state index is 0.0329. The van der Waals surface area contributed by atoms with E-state index in [1.807, 2.05) is 33.3 Å². The van der Waals surface area contributed by atoms with E-state index in [0.29, 0.717) is 0 Å². The number of fused-ring (bicyclic) bond motifs is 4. The molecule has 8 nitrogen and oxygen atoms in total. The van der Waals surface area contributed by atoms with Crippen molar-refractivity contribution < 1.29 is 14.3 Å². The number of amides is 1. The number of pyridine rings is 1. The van der Waals surface area contributed by atoms with Crippen molar-refractivity contribution in [3.63, 3.8) is 0 Å². The summed E-state index contributed by atoms with van der Waals surface area (Å²) in [5.41, 5.74) is 2.05. The summed E-state index contributed by atoms with van der Waals surface area (Å²) in [4.78, 5) is 22.1. The maximum Gasteiger partial charge on any atom is 0.229 e. The van der Waals surface area contributed by atoms with E-state index >= 15 is 0 Å². The number of carbonyl (C=O) groups excluding carboxylic acids is 1. The summed E-state index contributed by atoms with van der Waals surface area (Å²) >= 11 is 2.21. The van der Waals surface area contributed by atoms with Crippen LogP contribution in [0, 0.1) is 15.0 Å². The first kappa shape index (κ1) is 17.6. The third-order valence-electron chi connectivity index (χ3n) is 6.18. The Balaban J connectivity index is 1.65. The number of ether oxygens (including phenoxy) is 2. The van der Waals surface area contributed by atoms with Crippen molar-refractivity contribution >= 4 is 45.3 Å². The van der Waals surface area contributed by atoms with Gasteiger partial charge in [0, 0.05) is 20.0 Å². The largest absolute Gasteiger partial charge is 0.386 e. The van der Waals surface area contributed by atoms with Crippen LogP contribution >= 0.6 is 22.6 Å². The molecule has 2 aromatic heterocycles. The van der Waals surface area contributed by atoms with Gasteiger partial charge in [0.2, 0.25) is 5.91 Å². The molecule has 0 spiro atoms. The predicted molar refractivity (Wildman–Crippen MR) is 107 cm³/mol. The van der Waals surface area contributed by atoms with Crippen LogP contribution in [0.2, 0.25) is 0 Å². The Morgan fingerprint density at radius 3 is 2.85 bits per heavy atom. The van der Waals surface area contributed by atoms with Crippen LogP contribution in [0.1, 0.15) is 26.3 Å². The fourth-order valence-electron chi connectivity index (χ4n) is 5.08. The molecule has 144 valence electrons. The van der Waals surface area contributed by atoms with E-state index in [9.17, 15) is 4.79 Å². The Morgan fingerprint density at radius 1 is 1.37 bits per heavy atom. The molecule has 2 aromatic rings. The van der Waals surface area contributed by atoms with Gasteiger partial charge in [-0.25, -0.2) is 9.97 Å². The molecular weight excluding hydrogens is 461 g/mol. The van der Waals surface area contributed by atoms with Gasteiger partial charge in [-0.3, -0.25) is 4.79 Å². The quantitative estimate of drug-likeness (QED) is 0.512. The van der Waals surface area contributed by atoms with E-state index in [0.717, 1.165) is 27.0 Å². The predicted octanol–water partition coefficient (Wildman–Crippen LogP) is 1.90. The smallest absolute Gasteiger partial charge is 0.229 e. The molecule has 27 heavy (non-hydrogen) atoms. The SMILES string of the molecule is CNC(=O)[C@]12CC1[C@@H](n1cnc3c(NC)cc(I)nc31)C1OC(C)(C)O[C@@H]12. The summed E-state index contributed by atoms with van der Waals surface area (Å²) in [5, 5.41) is 6.02. The van der Waals surface area contributed by atoms with Crippen molar-refractivity contribution in [2.24, 2.45) is 11.3 Å². The van der Waals surface area contributed by atoms with Crippen LogP contribution in [-0.2, 0) is 14.3 Å². The molecule has 0 aromatic carbocycles. The number of imidazole rings is 1. The van der Waals surface area contributed by atoms with Gasteiger partial charge >= 0.3 is 0 Å². The Morgan fingerprint density at radius 2 is 2.15 bits per heavy atom. The molecule has 2 unspecified atom stereocenters. The maximum atomic E-state index is 12.8. The van der Waals surface area contributed by atoms with Crippen molar-refractivity contribution in [3.05, 3.63) is 16.1 Å². The van der Waals surface area contributed by atoms with E-state index in [2.05, 4.69) is 42.8 Å². The second-order valence-corrected chi connectivity index (χ2v) is 9.11. The normalized spacial score (nSPS) is 35.7. The van der Waals surface area contributed by atoms with Gasteiger partial charge in [0.05, 0.1) is 23.5 Å². The van der Waals surface area contributed by atoms with E-state index in [-0.39, 0.29) is 30.1 Å². The number of halogens is 1. The number of hydrogen-bond acceptors (Lipinski definition) is 6. The Hall–Kier alpha value is -1.46.